The summed E-state index contributed by atoms with van der Waals surface area (Å²) in [6.07, 6.45) is 6.28. The summed E-state index contributed by atoms with van der Waals surface area (Å²) in [4.78, 5) is 0. The quantitative estimate of drug-likeness (QED) is 0.769. The summed E-state index contributed by atoms with van der Waals surface area (Å²) >= 11 is 5.90. The molecule has 1 aliphatic rings. The van der Waals surface area contributed by atoms with Gasteiger partial charge in [-0.25, -0.2) is 0 Å². The SMILES string of the molecule is Cn1cc(CNCC2CC(Cl)C2)cn1. The second kappa shape index (κ2) is 4.32. The van der Waals surface area contributed by atoms with Crippen LogP contribution in [0, 0.1) is 5.92 Å². The highest BCUT2D eigenvalue weighted by Gasteiger charge is 2.26. The highest BCUT2D eigenvalue weighted by Crippen LogP contribution is 2.31. The smallest absolute Gasteiger partial charge is 0.0534 e. The minimum atomic E-state index is 0.431. The maximum absolute atomic E-state index is 5.90. The fraction of sp³-hybridized carbons (Fsp3) is 0.700. The van der Waals surface area contributed by atoms with E-state index in [2.05, 4.69) is 10.4 Å². The van der Waals surface area contributed by atoms with Crippen LogP contribution >= 0.6 is 11.6 Å². The molecule has 4 heteroatoms. The first-order valence-electron chi connectivity index (χ1n) is 5.06. The first-order valence-corrected chi connectivity index (χ1v) is 5.50. The maximum atomic E-state index is 5.90. The van der Waals surface area contributed by atoms with Crippen molar-refractivity contribution >= 4 is 11.6 Å². The first kappa shape index (κ1) is 9.99. The van der Waals surface area contributed by atoms with Crippen LogP contribution in [0.1, 0.15) is 18.4 Å². The van der Waals surface area contributed by atoms with E-state index in [9.17, 15) is 0 Å². The van der Waals surface area contributed by atoms with Gasteiger partial charge in [-0.15, -0.1) is 11.6 Å². The van der Waals surface area contributed by atoms with Crippen LogP contribution < -0.4 is 5.32 Å². The molecule has 3 nitrogen and oxygen atoms in total. The van der Waals surface area contributed by atoms with Crippen molar-refractivity contribution in [2.45, 2.75) is 24.8 Å². The average molecular weight is 214 g/mol. The molecule has 1 saturated carbocycles. The van der Waals surface area contributed by atoms with Crippen LogP contribution in [0.15, 0.2) is 12.4 Å². The van der Waals surface area contributed by atoms with E-state index in [1.54, 1.807) is 0 Å². The molecule has 1 aliphatic carbocycles. The van der Waals surface area contributed by atoms with Gasteiger partial charge in [0.25, 0.3) is 0 Å². The van der Waals surface area contributed by atoms with E-state index in [-0.39, 0.29) is 0 Å². The Balaban J connectivity index is 1.63. The molecule has 0 atom stereocenters. The zero-order chi connectivity index (χ0) is 9.97. The van der Waals surface area contributed by atoms with E-state index in [1.165, 1.54) is 18.4 Å². The molecule has 78 valence electrons. The van der Waals surface area contributed by atoms with Gasteiger partial charge in [0.15, 0.2) is 0 Å². The lowest BCUT2D eigenvalue weighted by molar-refractivity contribution is 0.308. The summed E-state index contributed by atoms with van der Waals surface area (Å²) < 4.78 is 1.83. The van der Waals surface area contributed by atoms with Crippen LogP contribution in [0.3, 0.4) is 0 Å². The Morgan fingerprint density at radius 2 is 2.43 bits per heavy atom. The predicted molar refractivity (Wildman–Crippen MR) is 57.3 cm³/mol. The zero-order valence-electron chi connectivity index (χ0n) is 8.41. The third-order valence-corrected chi connectivity index (χ3v) is 3.06. The lowest BCUT2D eigenvalue weighted by Crippen LogP contribution is -2.33. The zero-order valence-corrected chi connectivity index (χ0v) is 9.17. The Morgan fingerprint density at radius 1 is 1.64 bits per heavy atom. The molecule has 0 saturated heterocycles. The molecule has 0 unspecified atom stereocenters. The van der Waals surface area contributed by atoms with E-state index in [4.69, 9.17) is 11.6 Å². The molecule has 14 heavy (non-hydrogen) atoms. The average Bonchev–Trinajstić information content (AvgIpc) is 2.48. The van der Waals surface area contributed by atoms with Crippen molar-refractivity contribution in [1.29, 1.82) is 0 Å². The fourth-order valence-corrected chi connectivity index (χ4v) is 2.31. The third kappa shape index (κ3) is 2.49. The highest BCUT2D eigenvalue weighted by atomic mass is 35.5. The molecular formula is C10H16ClN3. The van der Waals surface area contributed by atoms with Gasteiger partial charge >= 0.3 is 0 Å². The molecular weight excluding hydrogens is 198 g/mol. The Morgan fingerprint density at radius 3 is 3.00 bits per heavy atom. The molecule has 2 rings (SSSR count). The molecule has 1 heterocycles. The van der Waals surface area contributed by atoms with E-state index in [0.717, 1.165) is 19.0 Å². The largest absolute Gasteiger partial charge is 0.312 e. The Bertz CT molecular complexity index is 291. The van der Waals surface area contributed by atoms with Crippen LogP contribution in [0.4, 0.5) is 0 Å². The number of hydrogen-bond donors (Lipinski definition) is 1. The van der Waals surface area contributed by atoms with Crippen molar-refractivity contribution in [2.75, 3.05) is 6.54 Å². The van der Waals surface area contributed by atoms with Crippen LogP contribution in [0.2, 0.25) is 0 Å². The van der Waals surface area contributed by atoms with Crippen molar-refractivity contribution in [2.24, 2.45) is 13.0 Å². The summed E-state index contributed by atoms with van der Waals surface area (Å²) in [5, 5.41) is 7.97. The van der Waals surface area contributed by atoms with Gasteiger partial charge in [0.2, 0.25) is 0 Å². The monoisotopic (exact) mass is 213 g/mol. The van der Waals surface area contributed by atoms with Crippen molar-refractivity contribution < 1.29 is 0 Å². The molecule has 1 aromatic rings. The fourth-order valence-electron chi connectivity index (χ4n) is 1.80. The molecule has 0 radical (unpaired) electrons. The minimum Gasteiger partial charge on any atom is -0.312 e. The van der Waals surface area contributed by atoms with Gasteiger partial charge in [-0.05, 0) is 25.3 Å². The number of aryl methyl sites for hydroxylation is 1. The number of rotatable bonds is 4. The molecule has 0 aliphatic heterocycles. The van der Waals surface area contributed by atoms with Gasteiger partial charge in [0, 0.05) is 30.7 Å². The number of hydrogen-bond acceptors (Lipinski definition) is 2. The summed E-state index contributed by atoms with van der Waals surface area (Å²) in [6, 6.07) is 0. The van der Waals surface area contributed by atoms with Crippen molar-refractivity contribution in [3.8, 4) is 0 Å². The van der Waals surface area contributed by atoms with E-state index < -0.39 is 0 Å². The number of halogens is 1. The number of nitrogens with one attached hydrogen (secondary N) is 1. The molecule has 0 bridgehead atoms. The van der Waals surface area contributed by atoms with Crippen LogP contribution in [0.25, 0.3) is 0 Å². The van der Waals surface area contributed by atoms with Crippen LogP contribution in [-0.2, 0) is 13.6 Å². The van der Waals surface area contributed by atoms with Gasteiger partial charge < -0.3 is 5.32 Å². The van der Waals surface area contributed by atoms with Crippen molar-refractivity contribution in [1.82, 2.24) is 15.1 Å². The predicted octanol–water partition coefficient (Wildman–Crippen LogP) is 1.53. The lowest BCUT2D eigenvalue weighted by atomic mass is 9.85. The van der Waals surface area contributed by atoms with Crippen molar-refractivity contribution in [3.63, 3.8) is 0 Å². The van der Waals surface area contributed by atoms with Crippen LogP contribution in [-0.4, -0.2) is 21.7 Å². The summed E-state index contributed by atoms with van der Waals surface area (Å²) in [5.41, 5.74) is 1.24. The Hall–Kier alpha value is -0.540. The van der Waals surface area contributed by atoms with Crippen LogP contribution in [0.5, 0.6) is 0 Å². The second-order valence-electron chi connectivity index (χ2n) is 4.09. The van der Waals surface area contributed by atoms with Crippen molar-refractivity contribution in [3.05, 3.63) is 18.0 Å². The van der Waals surface area contributed by atoms with E-state index >= 15 is 0 Å². The van der Waals surface area contributed by atoms with E-state index in [0.29, 0.717) is 5.38 Å². The molecule has 0 amide bonds. The number of alkyl halides is 1. The minimum absolute atomic E-state index is 0.431. The Kier molecular flexibility index (Phi) is 3.08. The molecule has 0 spiro atoms. The molecule has 0 aromatic carbocycles. The normalized spacial score (nSPS) is 26.1. The maximum Gasteiger partial charge on any atom is 0.0534 e. The summed E-state index contributed by atoms with van der Waals surface area (Å²) in [7, 11) is 1.94. The van der Waals surface area contributed by atoms with Gasteiger partial charge in [0.05, 0.1) is 6.20 Å². The standard InChI is InChI=1S/C10H16ClN3/c1-14-7-9(6-13-14)5-12-4-8-2-10(11)3-8/h6-8,10,12H,2-5H2,1H3. The van der Waals surface area contributed by atoms with E-state index in [1.807, 2.05) is 24.1 Å². The third-order valence-electron chi connectivity index (χ3n) is 2.70. The molecule has 1 aromatic heterocycles. The topological polar surface area (TPSA) is 29.9 Å². The number of aromatic nitrogens is 2. The Labute approximate surface area is 89.4 Å². The first-order chi connectivity index (χ1) is 6.74. The number of nitrogens with zero attached hydrogens (tertiary/aromatic N) is 2. The molecule has 1 fully saturated rings. The summed E-state index contributed by atoms with van der Waals surface area (Å²) in [6.45, 7) is 2.00. The van der Waals surface area contributed by atoms with Gasteiger partial charge in [-0.2, -0.15) is 5.10 Å². The lowest BCUT2D eigenvalue weighted by Gasteiger charge is -2.30. The van der Waals surface area contributed by atoms with Gasteiger partial charge in [-0.1, -0.05) is 0 Å². The highest BCUT2D eigenvalue weighted by molar-refractivity contribution is 6.21. The summed E-state index contributed by atoms with van der Waals surface area (Å²) in [5.74, 6) is 0.786. The van der Waals surface area contributed by atoms with Gasteiger partial charge in [0.1, 0.15) is 0 Å². The van der Waals surface area contributed by atoms with Gasteiger partial charge in [-0.3, -0.25) is 4.68 Å². The second-order valence-corrected chi connectivity index (χ2v) is 4.71. The molecule has 1 N–H and O–H groups in total.